The Morgan fingerprint density at radius 2 is 1.91 bits per heavy atom. The largest absolute Gasteiger partial charge is 0.477 e. The van der Waals surface area contributed by atoms with Gasteiger partial charge in [0.25, 0.3) is 5.91 Å². The van der Waals surface area contributed by atoms with E-state index in [9.17, 15) is 14.7 Å². The van der Waals surface area contributed by atoms with E-state index >= 15 is 0 Å². The van der Waals surface area contributed by atoms with Gasteiger partial charge in [0, 0.05) is 17.6 Å². The van der Waals surface area contributed by atoms with Crippen molar-refractivity contribution in [1.29, 1.82) is 0 Å². The number of benzene rings is 2. The number of carbonyl (C=O) groups excluding carboxylic acids is 1. The minimum atomic E-state index is -1.01. The number of fused-ring (bicyclic) bond motifs is 1. The molecule has 0 unspecified atom stereocenters. The van der Waals surface area contributed by atoms with E-state index in [2.05, 4.69) is 15.0 Å². The maximum Gasteiger partial charge on any atom is 0.354 e. The van der Waals surface area contributed by atoms with Crippen molar-refractivity contribution in [2.45, 2.75) is 13.0 Å². The van der Waals surface area contributed by atoms with E-state index in [1.165, 1.54) is 22.1 Å². The Kier molecular flexibility index (Phi) is 9.18. The zero-order valence-electron chi connectivity index (χ0n) is 19.3. The molecule has 2 heterocycles. The molecule has 2 aromatic heterocycles. The molecular formula is C24H26ClN5O4S. The van der Waals surface area contributed by atoms with Crippen LogP contribution >= 0.6 is 22.9 Å². The molecule has 184 valence electrons. The Morgan fingerprint density at radius 1 is 1.17 bits per heavy atom. The molecule has 9 nitrogen and oxygen atoms in total. The third-order valence-electron chi connectivity index (χ3n) is 4.71. The monoisotopic (exact) mass is 515 g/mol. The quantitative estimate of drug-likeness (QED) is 0.323. The normalized spacial score (nSPS) is 10.7. The lowest BCUT2D eigenvalue weighted by atomic mass is 10.2. The minimum absolute atomic E-state index is 0.131. The van der Waals surface area contributed by atoms with Crippen molar-refractivity contribution in [1.82, 2.24) is 19.7 Å². The molecular weight excluding hydrogens is 490 g/mol. The number of carbonyl (C=O) groups is 2. The van der Waals surface area contributed by atoms with Gasteiger partial charge in [-0.3, -0.25) is 4.79 Å². The van der Waals surface area contributed by atoms with Crippen LogP contribution < -0.4 is 10.5 Å². The zero-order chi connectivity index (χ0) is 25.4. The molecule has 2 aromatic carbocycles. The first-order valence-corrected chi connectivity index (χ1v) is 11.9. The fourth-order valence-corrected chi connectivity index (χ4v) is 4.17. The molecule has 1 amide bonds. The first kappa shape index (κ1) is 26.1. The number of ether oxygens (including phenoxy) is 1. The Bertz CT molecular complexity index is 1290. The number of carboxylic acids is 1. The number of aromatic nitrogens is 3. The van der Waals surface area contributed by atoms with E-state index in [0.717, 1.165) is 28.7 Å². The molecule has 0 aliphatic heterocycles. The number of hydrogen-bond donors (Lipinski definition) is 2. The average molecular weight is 516 g/mol. The van der Waals surface area contributed by atoms with Crippen LogP contribution in [0.4, 0.5) is 0 Å². The number of rotatable bonds is 9. The van der Waals surface area contributed by atoms with Gasteiger partial charge in [-0.1, -0.05) is 41.9 Å². The number of carboxylic acid groups (broad SMARTS) is 1. The molecule has 35 heavy (non-hydrogen) atoms. The highest BCUT2D eigenvalue weighted by Gasteiger charge is 2.15. The second kappa shape index (κ2) is 12.3. The summed E-state index contributed by atoms with van der Waals surface area (Å²) in [6.45, 7) is 1.83. The van der Waals surface area contributed by atoms with Gasteiger partial charge in [0.15, 0.2) is 10.7 Å². The van der Waals surface area contributed by atoms with Crippen molar-refractivity contribution in [2.75, 3.05) is 27.2 Å². The smallest absolute Gasteiger partial charge is 0.354 e. The highest BCUT2D eigenvalue weighted by molar-refractivity contribution is 7.20. The van der Waals surface area contributed by atoms with Crippen molar-refractivity contribution < 1.29 is 19.4 Å². The SMILES string of the molecule is CN(C)CCCOc1cc(C(=O)O)n(Cc2ccccc2)n1.NC(=O)c1nc2ccc(Cl)cc2s1. The van der Waals surface area contributed by atoms with Gasteiger partial charge in [0.1, 0.15) is 0 Å². The third kappa shape index (κ3) is 7.78. The van der Waals surface area contributed by atoms with E-state index < -0.39 is 11.9 Å². The fraction of sp³-hybridized carbons (Fsp3) is 0.250. The summed E-state index contributed by atoms with van der Waals surface area (Å²) < 4.78 is 7.88. The summed E-state index contributed by atoms with van der Waals surface area (Å²) in [5, 5.41) is 14.5. The van der Waals surface area contributed by atoms with Gasteiger partial charge >= 0.3 is 5.97 Å². The molecule has 0 aliphatic carbocycles. The number of hydrogen-bond acceptors (Lipinski definition) is 7. The standard InChI is InChI=1S/C16H21N3O3.C8H5ClN2OS/c1-18(2)9-6-10-22-15-11-14(16(20)21)19(17-15)12-13-7-4-3-5-8-13;9-4-1-2-5-6(3-4)13-8(11-5)7(10)12/h3-5,7-8,11H,6,9-10,12H2,1-2H3,(H,20,21);1-3H,(H2,10,12). The van der Waals surface area contributed by atoms with E-state index in [0.29, 0.717) is 29.1 Å². The molecule has 11 heteroatoms. The summed E-state index contributed by atoms with van der Waals surface area (Å²) in [5.41, 5.74) is 6.97. The number of nitrogens with two attached hydrogens (primary N) is 1. The van der Waals surface area contributed by atoms with E-state index in [1.807, 2.05) is 44.4 Å². The molecule has 4 aromatic rings. The van der Waals surface area contributed by atoms with Crippen LogP contribution in [0.1, 0.15) is 32.3 Å². The van der Waals surface area contributed by atoms with Crippen molar-refractivity contribution in [3.63, 3.8) is 0 Å². The third-order valence-corrected chi connectivity index (χ3v) is 5.98. The molecule has 4 rings (SSSR count). The Morgan fingerprint density at radius 3 is 2.57 bits per heavy atom. The molecule has 0 fully saturated rings. The first-order chi connectivity index (χ1) is 16.7. The minimum Gasteiger partial charge on any atom is -0.477 e. The Labute approximate surface area is 211 Å². The summed E-state index contributed by atoms with van der Waals surface area (Å²) in [6.07, 6.45) is 0.862. The predicted molar refractivity (Wildman–Crippen MR) is 137 cm³/mol. The Balaban J connectivity index is 0.000000223. The van der Waals surface area contributed by atoms with E-state index in [4.69, 9.17) is 22.1 Å². The molecule has 0 bridgehead atoms. The maximum atomic E-state index is 11.3. The van der Waals surface area contributed by atoms with Crippen molar-refractivity contribution in [2.24, 2.45) is 5.73 Å². The van der Waals surface area contributed by atoms with Crippen LogP contribution in [0.15, 0.2) is 54.6 Å². The molecule has 0 atom stereocenters. The van der Waals surface area contributed by atoms with Gasteiger partial charge < -0.3 is 20.5 Å². The van der Waals surface area contributed by atoms with Gasteiger partial charge in [0.05, 0.1) is 23.4 Å². The van der Waals surface area contributed by atoms with Crippen LogP contribution in [0.2, 0.25) is 5.02 Å². The van der Waals surface area contributed by atoms with Crippen molar-refractivity contribution in [3.8, 4) is 5.88 Å². The van der Waals surface area contributed by atoms with Crippen LogP contribution in [0.5, 0.6) is 5.88 Å². The lowest BCUT2D eigenvalue weighted by molar-refractivity contribution is 0.0683. The highest BCUT2D eigenvalue weighted by Crippen LogP contribution is 2.24. The van der Waals surface area contributed by atoms with Crippen LogP contribution in [-0.2, 0) is 6.54 Å². The second-order valence-corrected chi connectivity index (χ2v) is 9.28. The van der Waals surface area contributed by atoms with Crippen molar-refractivity contribution >= 4 is 45.0 Å². The van der Waals surface area contributed by atoms with Crippen LogP contribution in [0, 0.1) is 0 Å². The molecule has 3 N–H and O–H groups in total. The lowest BCUT2D eigenvalue weighted by Crippen LogP contribution is -2.15. The van der Waals surface area contributed by atoms with Gasteiger partial charge in [-0.15, -0.1) is 16.4 Å². The molecule has 0 saturated carbocycles. The number of thiazole rings is 1. The van der Waals surface area contributed by atoms with Gasteiger partial charge in [-0.05, 0) is 44.3 Å². The van der Waals surface area contributed by atoms with Crippen LogP contribution in [0.3, 0.4) is 0 Å². The summed E-state index contributed by atoms with van der Waals surface area (Å²) >= 11 is 7.02. The zero-order valence-corrected chi connectivity index (χ0v) is 20.9. The topological polar surface area (TPSA) is 124 Å². The van der Waals surface area contributed by atoms with E-state index in [1.54, 1.807) is 18.2 Å². The molecule has 0 radical (unpaired) electrons. The number of amides is 1. The summed E-state index contributed by atoms with van der Waals surface area (Å²) in [6, 6.07) is 16.4. The summed E-state index contributed by atoms with van der Waals surface area (Å²) in [7, 11) is 3.99. The molecule has 0 spiro atoms. The molecule has 0 aliphatic rings. The molecule has 0 saturated heterocycles. The van der Waals surface area contributed by atoms with Gasteiger partial charge in [0.2, 0.25) is 5.88 Å². The van der Waals surface area contributed by atoms with E-state index in [-0.39, 0.29) is 5.69 Å². The number of primary amides is 1. The van der Waals surface area contributed by atoms with Gasteiger partial charge in [-0.25, -0.2) is 14.5 Å². The van der Waals surface area contributed by atoms with Crippen LogP contribution in [0.25, 0.3) is 10.2 Å². The van der Waals surface area contributed by atoms with Crippen molar-refractivity contribution in [3.05, 3.63) is 75.9 Å². The number of halogens is 1. The van der Waals surface area contributed by atoms with Crippen LogP contribution in [-0.4, -0.2) is 63.9 Å². The second-order valence-electron chi connectivity index (χ2n) is 7.82. The summed E-state index contributed by atoms with van der Waals surface area (Å²) in [4.78, 5) is 28.2. The predicted octanol–water partition coefficient (Wildman–Crippen LogP) is 4.01. The Hall–Kier alpha value is -3.47. The lowest BCUT2D eigenvalue weighted by Gasteiger charge is -2.08. The number of nitrogens with zero attached hydrogens (tertiary/aromatic N) is 4. The first-order valence-electron chi connectivity index (χ1n) is 10.7. The fourth-order valence-electron chi connectivity index (χ4n) is 3.07. The van der Waals surface area contributed by atoms with Gasteiger partial charge in [-0.2, -0.15) is 0 Å². The highest BCUT2D eigenvalue weighted by atomic mass is 35.5. The maximum absolute atomic E-state index is 11.3. The average Bonchev–Trinajstić information content (AvgIpc) is 3.42. The summed E-state index contributed by atoms with van der Waals surface area (Å²) in [5.74, 6) is -1.16. The number of aromatic carboxylic acids is 1.